The van der Waals surface area contributed by atoms with Gasteiger partial charge >= 0.3 is 6.36 Å². The third kappa shape index (κ3) is 6.65. The predicted molar refractivity (Wildman–Crippen MR) is 127 cm³/mol. The molecule has 2 aliphatic heterocycles. The maximum atomic E-state index is 13.1. The van der Waals surface area contributed by atoms with Gasteiger partial charge in [0.1, 0.15) is 11.8 Å². The lowest BCUT2D eigenvalue weighted by atomic mass is 10.0. The smallest absolute Gasteiger partial charge is 0.405 e. The average molecular weight is 527 g/mol. The molecule has 0 bridgehead atoms. The summed E-state index contributed by atoms with van der Waals surface area (Å²) in [6.07, 6.45) is -2.42. The number of hydrazine groups is 3. The Morgan fingerprint density at radius 3 is 2.67 bits per heavy atom. The van der Waals surface area contributed by atoms with Crippen LogP contribution < -0.4 is 26.5 Å². The molecular weight excluding hydrogens is 501 g/mol. The van der Waals surface area contributed by atoms with Gasteiger partial charge in [0.15, 0.2) is 0 Å². The zero-order valence-corrected chi connectivity index (χ0v) is 20.0. The third-order valence-electron chi connectivity index (χ3n) is 5.93. The van der Waals surface area contributed by atoms with E-state index in [0.29, 0.717) is 37.4 Å². The maximum Gasteiger partial charge on any atom is 0.573 e. The van der Waals surface area contributed by atoms with E-state index in [9.17, 15) is 22.8 Å². The molecule has 1 atom stereocenters. The van der Waals surface area contributed by atoms with Crippen LogP contribution in [-0.4, -0.2) is 53.9 Å². The highest BCUT2D eigenvalue weighted by atomic mass is 35.5. The van der Waals surface area contributed by atoms with E-state index < -0.39 is 12.4 Å². The number of para-hydroxylation sites is 1. The minimum Gasteiger partial charge on any atom is -0.405 e. The number of alkyl halides is 3. The van der Waals surface area contributed by atoms with Crippen molar-refractivity contribution in [3.05, 3.63) is 47.5 Å². The fraction of sp³-hybridized carbons (Fsp3) is 0.391. The Bertz CT molecular complexity index is 1100. The molecule has 4 rings (SSSR count). The molecule has 2 aromatic carbocycles. The number of anilines is 1. The van der Waals surface area contributed by atoms with Crippen molar-refractivity contribution < 1.29 is 27.5 Å². The second kappa shape index (κ2) is 11.4. The Labute approximate surface area is 210 Å². The van der Waals surface area contributed by atoms with E-state index in [2.05, 4.69) is 26.5 Å². The van der Waals surface area contributed by atoms with E-state index in [-0.39, 0.29) is 34.6 Å². The first-order chi connectivity index (χ1) is 17.2. The van der Waals surface area contributed by atoms with Gasteiger partial charge < -0.3 is 15.0 Å². The van der Waals surface area contributed by atoms with Gasteiger partial charge in [-0.3, -0.25) is 9.59 Å². The van der Waals surface area contributed by atoms with Crippen molar-refractivity contribution in [2.45, 2.75) is 38.1 Å². The summed E-state index contributed by atoms with van der Waals surface area (Å²) in [4.78, 5) is 27.5. The van der Waals surface area contributed by atoms with Crippen LogP contribution in [0.15, 0.2) is 42.5 Å². The van der Waals surface area contributed by atoms with Gasteiger partial charge in [-0.1, -0.05) is 35.9 Å². The normalized spacial score (nSPS) is 18.8. The number of nitrogens with one attached hydrogen (secondary N) is 4. The molecule has 0 unspecified atom stereocenters. The van der Waals surface area contributed by atoms with E-state index in [1.807, 2.05) is 0 Å². The molecule has 9 nitrogen and oxygen atoms in total. The topological polar surface area (TPSA) is 98.0 Å². The fourth-order valence-electron chi connectivity index (χ4n) is 4.24. The zero-order chi connectivity index (χ0) is 25.7. The van der Waals surface area contributed by atoms with Crippen molar-refractivity contribution >= 4 is 29.1 Å². The number of nitrogens with zero attached hydrogens (tertiary/aromatic N) is 2. The van der Waals surface area contributed by atoms with Crippen LogP contribution in [0.5, 0.6) is 5.75 Å². The molecule has 2 heterocycles. The number of likely N-dealkylation sites (tertiary alicyclic amines) is 1. The van der Waals surface area contributed by atoms with E-state index in [4.69, 9.17) is 11.6 Å². The molecule has 2 aliphatic rings. The largest absolute Gasteiger partial charge is 0.573 e. The molecule has 2 amide bonds. The second-order valence-electron chi connectivity index (χ2n) is 8.41. The molecule has 0 radical (unpaired) electrons. The molecule has 2 aromatic rings. The highest BCUT2D eigenvalue weighted by molar-refractivity contribution is 6.33. The van der Waals surface area contributed by atoms with Crippen molar-refractivity contribution in [2.24, 2.45) is 0 Å². The number of ether oxygens (including phenoxy) is 1. The first-order valence-corrected chi connectivity index (χ1v) is 11.8. The minimum absolute atomic E-state index is 0.113. The fourth-order valence-corrected chi connectivity index (χ4v) is 4.53. The molecule has 194 valence electrons. The van der Waals surface area contributed by atoms with Crippen LogP contribution in [-0.2, 0) is 9.59 Å². The first-order valence-electron chi connectivity index (χ1n) is 11.4. The van der Waals surface area contributed by atoms with Crippen LogP contribution in [0.25, 0.3) is 11.1 Å². The molecule has 0 spiro atoms. The minimum atomic E-state index is -4.85. The lowest BCUT2D eigenvalue weighted by molar-refractivity contribution is -0.274. The number of halogens is 4. The summed E-state index contributed by atoms with van der Waals surface area (Å²) in [7, 11) is 0. The molecule has 4 N–H and O–H groups in total. The van der Waals surface area contributed by atoms with Crippen LogP contribution in [0.3, 0.4) is 0 Å². The summed E-state index contributed by atoms with van der Waals surface area (Å²) in [6.45, 7) is 1.51. The summed E-state index contributed by atoms with van der Waals surface area (Å²) in [6, 6.07) is 9.60. The molecule has 13 heteroatoms. The summed E-state index contributed by atoms with van der Waals surface area (Å²) >= 11 is 6.39. The van der Waals surface area contributed by atoms with Gasteiger partial charge in [-0.25, -0.2) is 10.4 Å². The highest BCUT2D eigenvalue weighted by Gasteiger charge is 2.33. The van der Waals surface area contributed by atoms with Crippen LogP contribution in [0.4, 0.5) is 18.9 Å². The number of carbonyl (C=O) groups is 2. The Hall–Kier alpha value is -2.90. The average Bonchev–Trinajstić information content (AvgIpc) is 3.36. The van der Waals surface area contributed by atoms with E-state index in [1.54, 1.807) is 22.0 Å². The van der Waals surface area contributed by atoms with Gasteiger partial charge in [0.05, 0.1) is 11.7 Å². The van der Waals surface area contributed by atoms with E-state index in [0.717, 1.165) is 12.8 Å². The Balaban J connectivity index is 1.44. The van der Waals surface area contributed by atoms with Crippen LogP contribution in [0.1, 0.15) is 25.7 Å². The number of piperidine rings is 1. The number of hydrogen-bond acceptors (Lipinski definition) is 7. The van der Waals surface area contributed by atoms with Crippen LogP contribution in [0, 0.1) is 0 Å². The van der Waals surface area contributed by atoms with Crippen molar-refractivity contribution in [1.29, 1.82) is 0 Å². The lowest BCUT2D eigenvalue weighted by Gasteiger charge is -2.35. The van der Waals surface area contributed by atoms with Gasteiger partial charge in [0, 0.05) is 36.3 Å². The van der Waals surface area contributed by atoms with Gasteiger partial charge in [-0.2, -0.15) is 11.1 Å². The van der Waals surface area contributed by atoms with Gasteiger partial charge in [-0.15, -0.1) is 13.2 Å². The third-order valence-corrected chi connectivity index (χ3v) is 6.25. The Morgan fingerprint density at radius 1 is 1.14 bits per heavy atom. The quantitative estimate of drug-likeness (QED) is 0.439. The monoisotopic (exact) mass is 526 g/mol. The summed E-state index contributed by atoms with van der Waals surface area (Å²) in [5.74, 6) is -0.829. The molecular formula is C23H26ClF3N6O3. The van der Waals surface area contributed by atoms with Gasteiger partial charge in [0.25, 0.3) is 0 Å². The molecule has 0 aliphatic carbocycles. The number of rotatable bonds is 7. The summed E-state index contributed by atoms with van der Waals surface area (Å²) < 4.78 is 42.5. The Morgan fingerprint density at radius 2 is 1.94 bits per heavy atom. The van der Waals surface area contributed by atoms with Crippen LogP contribution >= 0.6 is 11.6 Å². The van der Waals surface area contributed by atoms with Gasteiger partial charge in [-0.05, 0) is 37.5 Å². The summed E-state index contributed by atoms with van der Waals surface area (Å²) in [5.41, 5.74) is 9.33. The number of carbonyl (C=O) groups excluding carboxylic acids is 2. The van der Waals surface area contributed by atoms with Crippen molar-refractivity contribution in [3.8, 4) is 16.9 Å². The highest BCUT2D eigenvalue weighted by Crippen LogP contribution is 2.38. The molecule has 2 saturated heterocycles. The SMILES string of the molecule is O=C(Nc1ccc(-c2ccccc2OC(F)(F)F)c(Cl)c1)[C@H]1CCCCN1C(=O)CCN1CNNN1. The van der Waals surface area contributed by atoms with Crippen molar-refractivity contribution in [2.75, 3.05) is 25.1 Å². The van der Waals surface area contributed by atoms with E-state index >= 15 is 0 Å². The number of hydrogen-bond donors (Lipinski definition) is 4. The zero-order valence-electron chi connectivity index (χ0n) is 19.2. The second-order valence-corrected chi connectivity index (χ2v) is 8.82. The number of amides is 2. The Kier molecular flexibility index (Phi) is 8.32. The first kappa shape index (κ1) is 26.2. The predicted octanol–water partition coefficient (Wildman–Crippen LogP) is 3.40. The van der Waals surface area contributed by atoms with E-state index in [1.165, 1.54) is 30.3 Å². The molecule has 0 aromatic heterocycles. The number of benzene rings is 2. The maximum absolute atomic E-state index is 13.1. The van der Waals surface area contributed by atoms with Gasteiger partial charge in [0.2, 0.25) is 11.8 Å². The molecule has 36 heavy (non-hydrogen) atoms. The molecule has 2 fully saturated rings. The van der Waals surface area contributed by atoms with Crippen LogP contribution in [0.2, 0.25) is 5.02 Å². The molecule has 0 saturated carbocycles. The van der Waals surface area contributed by atoms with Crippen molar-refractivity contribution in [3.63, 3.8) is 0 Å². The van der Waals surface area contributed by atoms with Crippen molar-refractivity contribution in [1.82, 2.24) is 26.4 Å². The lowest BCUT2D eigenvalue weighted by Crippen LogP contribution is -2.50. The standard InChI is InChI=1S/C23H26ClF3N6O3/c24-18-13-15(8-9-16(18)17-5-1-2-7-20(17)36-23(25,26)27)29-22(35)19-6-3-4-11-33(19)21(34)10-12-32-14-28-30-31-32/h1-2,5,7-9,13,19,28,30-31H,3-4,6,10-12,14H2,(H,29,35)/t19-/m1/s1. The summed E-state index contributed by atoms with van der Waals surface area (Å²) in [5, 5.41) is 4.74.